The molecule has 0 radical (unpaired) electrons. The lowest BCUT2D eigenvalue weighted by atomic mass is 9.94. The van der Waals surface area contributed by atoms with Gasteiger partial charge in [0.2, 0.25) is 10.0 Å². The van der Waals surface area contributed by atoms with Crippen molar-refractivity contribution >= 4 is 10.0 Å². The fraction of sp³-hybridized carbons (Fsp3) is 0.600. The highest BCUT2D eigenvalue weighted by Crippen LogP contribution is 2.27. The third-order valence-electron chi connectivity index (χ3n) is 4.12. The smallest absolute Gasteiger partial charge is 0.245 e. The Kier molecular flexibility index (Phi) is 5.35. The zero-order valence-electron chi connectivity index (χ0n) is 12.4. The van der Waals surface area contributed by atoms with Crippen LogP contribution >= 0.6 is 0 Å². The van der Waals surface area contributed by atoms with E-state index in [-0.39, 0.29) is 11.4 Å². The Morgan fingerprint density at radius 2 is 2.00 bits per heavy atom. The number of sulfonamides is 1. The second kappa shape index (κ2) is 6.85. The topological polar surface area (TPSA) is 63.4 Å². The summed E-state index contributed by atoms with van der Waals surface area (Å²) in [5.74, 6) is -0.121. The Balaban J connectivity index is 2.19. The van der Waals surface area contributed by atoms with Crippen LogP contribution < -0.4 is 5.73 Å². The van der Waals surface area contributed by atoms with Gasteiger partial charge < -0.3 is 5.73 Å². The number of rotatable bonds is 5. The average molecular weight is 314 g/mol. The molecule has 1 aromatic carbocycles. The number of benzene rings is 1. The average Bonchev–Trinajstić information content (AvgIpc) is 2.48. The first-order valence-electron chi connectivity index (χ1n) is 7.47. The molecule has 0 aromatic heterocycles. The lowest BCUT2D eigenvalue weighted by Crippen LogP contribution is -2.38. The number of halogens is 1. The highest BCUT2D eigenvalue weighted by Gasteiger charge is 2.31. The van der Waals surface area contributed by atoms with Crippen molar-refractivity contribution in [2.24, 2.45) is 11.7 Å². The molecule has 1 saturated heterocycles. The fourth-order valence-corrected chi connectivity index (χ4v) is 4.44. The van der Waals surface area contributed by atoms with Crippen molar-refractivity contribution in [3.63, 3.8) is 0 Å². The fourth-order valence-electron chi connectivity index (χ4n) is 2.86. The van der Waals surface area contributed by atoms with Crippen molar-refractivity contribution in [3.8, 4) is 0 Å². The zero-order valence-corrected chi connectivity index (χ0v) is 13.2. The molecule has 0 aliphatic carbocycles. The largest absolute Gasteiger partial charge is 0.326 e. The van der Waals surface area contributed by atoms with Crippen LogP contribution in [-0.2, 0) is 16.6 Å². The van der Waals surface area contributed by atoms with E-state index in [1.54, 1.807) is 0 Å². The minimum Gasteiger partial charge on any atom is -0.326 e. The normalized spacial score (nSPS) is 18.0. The molecule has 0 amide bonds. The summed E-state index contributed by atoms with van der Waals surface area (Å²) in [5.41, 5.74) is 6.13. The molecule has 0 bridgehead atoms. The zero-order chi connectivity index (χ0) is 15.5. The first-order valence-corrected chi connectivity index (χ1v) is 8.91. The number of hydrogen-bond acceptors (Lipinski definition) is 3. The Morgan fingerprint density at radius 1 is 1.33 bits per heavy atom. The van der Waals surface area contributed by atoms with Gasteiger partial charge in [-0.15, -0.1) is 0 Å². The van der Waals surface area contributed by atoms with E-state index in [1.165, 1.54) is 22.5 Å². The van der Waals surface area contributed by atoms with Crippen LogP contribution in [0.2, 0.25) is 0 Å². The highest BCUT2D eigenvalue weighted by molar-refractivity contribution is 7.89. The molecule has 2 N–H and O–H groups in total. The molecular formula is C15H23FN2O2S. The molecule has 1 heterocycles. The first kappa shape index (κ1) is 16.4. The molecule has 0 atom stereocenters. The van der Waals surface area contributed by atoms with Crippen LogP contribution in [0.15, 0.2) is 23.1 Å². The van der Waals surface area contributed by atoms with Crippen LogP contribution in [0, 0.1) is 11.7 Å². The van der Waals surface area contributed by atoms with Gasteiger partial charge in [0.05, 0.1) is 0 Å². The Hall–Kier alpha value is -0.980. The molecule has 0 spiro atoms. The molecule has 1 aromatic rings. The summed E-state index contributed by atoms with van der Waals surface area (Å²) in [5, 5.41) is 0. The van der Waals surface area contributed by atoms with Crippen molar-refractivity contribution in [1.82, 2.24) is 4.31 Å². The van der Waals surface area contributed by atoms with E-state index in [0.717, 1.165) is 25.7 Å². The Bertz CT molecular complexity index is 581. The third kappa shape index (κ3) is 3.62. The SMILES string of the molecule is CCCC1CCN(S(=O)(=O)c2cc(CN)ccc2F)CC1. The number of nitrogens with zero attached hydrogens (tertiary/aromatic N) is 1. The van der Waals surface area contributed by atoms with Gasteiger partial charge in [-0.1, -0.05) is 25.8 Å². The highest BCUT2D eigenvalue weighted by atomic mass is 32.2. The summed E-state index contributed by atoms with van der Waals surface area (Å²) in [7, 11) is -3.76. The maximum atomic E-state index is 13.9. The van der Waals surface area contributed by atoms with Crippen molar-refractivity contribution in [3.05, 3.63) is 29.6 Å². The first-order chi connectivity index (χ1) is 9.98. The molecule has 0 saturated carbocycles. The van der Waals surface area contributed by atoms with Gasteiger partial charge in [-0.25, -0.2) is 12.8 Å². The standard InChI is InChI=1S/C15H23FN2O2S/c1-2-3-12-6-8-18(9-7-12)21(19,20)15-10-13(11-17)4-5-14(15)16/h4-5,10,12H,2-3,6-9,11,17H2,1H3. The second-order valence-corrected chi connectivity index (χ2v) is 7.51. The van der Waals surface area contributed by atoms with Gasteiger partial charge in [-0.2, -0.15) is 4.31 Å². The quantitative estimate of drug-likeness (QED) is 0.908. The molecule has 1 aliphatic heterocycles. The third-order valence-corrected chi connectivity index (χ3v) is 6.03. The Labute approximate surface area is 126 Å². The maximum absolute atomic E-state index is 13.9. The summed E-state index contributed by atoms with van der Waals surface area (Å²) in [6, 6.07) is 4.05. The molecule has 118 valence electrons. The van der Waals surface area contributed by atoms with E-state index in [2.05, 4.69) is 6.92 Å². The van der Waals surface area contributed by atoms with Gasteiger partial charge in [0.15, 0.2) is 0 Å². The molecular weight excluding hydrogens is 291 g/mol. The van der Waals surface area contributed by atoms with Gasteiger partial charge in [-0.3, -0.25) is 0 Å². The van der Waals surface area contributed by atoms with Crippen LogP contribution in [0.4, 0.5) is 4.39 Å². The van der Waals surface area contributed by atoms with E-state index >= 15 is 0 Å². The molecule has 21 heavy (non-hydrogen) atoms. The molecule has 1 fully saturated rings. The molecule has 0 unspecified atom stereocenters. The monoisotopic (exact) mass is 314 g/mol. The van der Waals surface area contributed by atoms with E-state index in [9.17, 15) is 12.8 Å². The number of piperidine rings is 1. The van der Waals surface area contributed by atoms with Crippen LogP contribution in [0.5, 0.6) is 0 Å². The lowest BCUT2D eigenvalue weighted by molar-refractivity contribution is 0.262. The maximum Gasteiger partial charge on any atom is 0.245 e. The van der Waals surface area contributed by atoms with Crippen LogP contribution in [0.3, 0.4) is 0 Å². The summed E-state index contributed by atoms with van der Waals surface area (Å²) < 4.78 is 40.5. The van der Waals surface area contributed by atoms with Crippen LogP contribution in [0.1, 0.15) is 38.2 Å². The van der Waals surface area contributed by atoms with Gasteiger partial charge in [0.25, 0.3) is 0 Å². The second-order valence-electron chi connectivity index (χ2n) is 5.61. The van der Waals surface area contributed by atoms with Crippen LogP contribution in [-0.4, -0.2) is 25.8 Å². The number of hydrogen-bond donors (Lipinski definition) is 1. The van der Waals surface area contributed by atoms with E-state index in [1.807, 2.05) is 0 Å². The van der Waals surface area contributed by atoms with Crippen LogP contribution in [0.25, 0.3) is 0 Å². The molecule has 1 aliphatic rings. The minimum absolute atomic E-state index is 0.196. The van der Waals surface area contributed by atoms with E-state index < -0.39 is 15.8 Å². The summed E-state index contributed by atoms with van der Waals surface area (Å²) in [6.45, 7) is 3.27. The van der Waals surface area contributed by atoms with Gasteiger partial charge in [0, 0.05) is 19.6 Å². The summed E-state index contributed by atoms with van der Waals surface area (Å²) in [4.78, 5) is -0.251. The number of nitrogens with two attached hydrogens (primary N) is 1. The van der Waals surface area contributed by atoms with Crippen molar-refractivity contribution < 1.29 is 12.8 Å². The predicted molar refractivity (Wildman–Crippen MR) is 80.7 cm³/mol. The van der Waals surface area contributed by atoms with E-state index in [0.29, 0.717) is 24.6 Å². The van der Waals surface area contributed by atoms with Gasteiger partial charge >= 0.3 is 0 Å². The predicted octanol–water partition coefficient (Wildman–Crippen LogP) is 2.49. The minimum atomic E-state index is -3.76. The lowest BCUT2D eigenvalue weighted by Gasteiger charge is -2.31. The van der Waals surface area contributed by atoms with Crippen molar-refractivity contribution in [2.75, 3.05) is 13.1 Å². The van der Waals surface area contributed by atoms with Gasteiger partial charge in [-0.05, 0) is 36.5 Å². The van der Waals surface area contributed by atoms with Crippen molar-refractivity contribution in [2.45, 2.75) is 44.0 Å². The molecule has 2 rings (SSSR count). The summed E-state index contributed by atoms with van der Waals surface area (Å²) in [6.07, 6.45) is 3.95. The Morgan fingerprint density at radius 3 is 2.57 bits per heavy atom. The summed E-state index contributed by atoms with van der Waals surface area (Å²) >= 11 is 0. The molecule has 4 nitrogen and oxygen atoms in total. The van der Waals surface area contributed by atoms with Crippen molar-refractivity contribution in [1.29, 1.82) is 0 Å². The van der Waals surface area contributed by atoms with Gasteiger partial charge in [0.1, 0.15) is 10.7 Å². The molecule has 6 heteroatoms. The van der Waals surface area contributed by atoms with E-state index in [4.69, 9.17) is 5.73 Å².